The van der Waals surface area contributed by atoms with Crippen LogP contribution >= 0.6 is 11.8 Å². The summed E-state index contributed by atoms with van der Waals surface area (Å²) in [5.41, 5.74) is 4.51. The number of thioether (sulfide) groups is 1. The number of aliphatic imine (C=N–C) groups is 1. The Labute approximate surface area is 157 Å². The van der Waals surface area contributed by atoms with Crippen LogP contribution in [0, 0.1) is 0 Å². The van der Waals surface area contributed by atoms with Gasteiger partial charge >= 0.3 is 0 Å². The highest BCUT2D eigenvalue weighted by Crippen LogP contribution is 2.50. The van der Waals surface area contributed by atoms with Crippen molar-refractivity contribution in [3.8, 4) is 11.5 Å². The van der Waals surface area contributed by atoms with Crippen molar-refractivity contribution in [1.29, 1.82) is 0 Å². The van der Waals surface area contributed by atoms with E-state index in [2.05, 4.69) is 30.3 Å². The number of fused-ring (bicyclic) bond motifs is 1. The second kappa shape index (κ2) is 7.26. The Balaban J connectivity index is 1.87. The van der Waals surface area contributed by atoms with Crippen LogP contribution in [0.25, 0.3) is 0 Å². The first-order chi connectivity index (χ1) is 12.8. The van der Waals surface area contributed by atoms with Gasteiger partial charge < -0.3 is 9.47 Å². The standard InChI is InChI=1S/C22H19NO2S/c1-24-19-13-17-18(14-20(19)25-2)22(23-16-11-7-4-8-12-16)26-21(17)15-9-5-3-6-10-15/h3-14,21H,1-2H3. The van der Waals surface area contributed by atoms with Gasteiger partial charge in [-0.3, -0.25) is 0 Å². The molecule has 0 N–H and O–H groups in total. The van der Waals surface area contributed by atoms with Crippen LogP contribution in [-0.4, -0.2) is 19.3 Å². The molecule has 0 fully saturated rings. The van der Waals surface area contributed by atoms with Gasteiger partial charge in [-0.2, -0.15) is 0 Å². The molecular formula is C22H19NO2S. The van der Waals surface area contributed by atoms with E-state index in [0.29, 0.717) is 0 Å². The summed E-state index contributed by atoms with van der Waals surface area (Å²) in [6.07, 6.45) is 0. The predicted molar refractivity (Wildman–Crippen MR) is 108 cm³/mol. The van der Waals surface area contributed by atoms with Crippen molar-refractivity contribution in [1.82, 2.24) is 0 Å². The summed E-state index contributed by atoms with van der Waals surface area (Å²) in [7, 11) is 3.33. The fraction of sp³-hybridized carbons (Fsp3) is 0.136. The fourth-order valence-corrected chi connectivity index (χ4v) is 4.42. The minimum Gasteiger partial charge on any atom is -0.493 e. The summed E-state index contributed by atoms with van der Waals surface area (Å²) in [5.74, 6) is 1.47. The lowest BCUT2D eigenvalue weighted by Crippen LogP contribution is -1.98. The van der Waals surface area contributed by atoms with Crippen LogP contribution < -0.4 is 9.47 Å². The molecule has 1 aliphatic rings. The second-order valence-electron chi connectivity index (χ2n) is 5.96. The zero-order chi connectivity index (χ0) is 17.9. The van der Waals surface area contributed by atoms with Gasteiger partial charge in [-0.05, 0) is 35.4 Å². The Morgan fingerprint density at radius 1 is 0.808 bits per heavy atom. The van der Waals surface area contributed by atoms with Crippen LogP contribution in [0.15, 0.2) is 77.8 Å². The second-order valence-corrected chi connectivity index (χ2v) is 7.05. The Hall–Kier alpha value is -2.72. The fourth-order valence-electron chi connectivity index (χ4n) is 3.12. The van der Waals surface area contributed by atoms with E-state index in [4.69, 9.17) is 14.5 Å². The molecule has 3 nitrogen and oxygen atoms in total. The topological polar surface area (TPSA) is 30.8 Å². The Morgan fingerprint density at radius 2 is 1.42 bits per heavy atom. The van der Waals surface area contributed by atoms with Crippen molar-refractivity contribution in [2.45, 2.75) is 5.25 Å². The van der Waals surface area contributed by atoms with Gasteiger partial charge in [0.2, 0.25) is 0 Å². The molecule has 1 aliphatic heterocycles. The highest BCUT2D eigenvalue weighted by Gasteiger charge is 2.32. The van der Waals surface area contributed by atoms with Gasteiger partial charge in [0, 0.05) is 5.56 Å². The zero-order valence-electron chi connectivity index (χ0n) is 14.7. The molecule has 26 heavy (non-hydrogen) atoms. The van der Waals surface area contributed by atoms with E-state index in [0.717, 1.165) is 27.8 Å². The third kappa shape index (κ3) is 3.08. The number of rotatable bonds is 4. The highest BCUT2D eigenvalue weighted by atomic mass is 32.2. The van der Waals surface area contributed by atoms with Crippen LogP contribution in [0.1, 0.15) is 21.9 Å². The van der Waals surface area contributed by atoms with Gasteiger partial charge in [0.15, 0.2) is 11.5 Å². The van der Waals surface area contributed by atoms with Crippen LogP contribution in [0.2, 0.25) is 0 Å². The number of hydrogen-bond acceptors (Lipinski definition) is 4. The van der Waals surface area contributed by atoms with Gasteiger partial charge in [0.05, 0.1) is 25.2 Å². The SMILES string of the molecule is COc1cc2c(cc1OC)C(c1ccccc1)SC2=Nc1ccccc1. The summed E-state index contributed by atoms with van der Waals surface area (Å²) < 4.78 is 11.0. The smallest absolute Gasteiger partial charge is 0.161 e. The molecule has 3 aromatic rings. The summed E-state index contributed by atoms with van der Waals surface area (Å²) in [6, 6.07) is 24.6. The van der Waals surface area contributed by atoms with Crippen LogP contribution in [0.5, 0.6) is 11.5 Å². The summed E-state index contributed by atoms with van der Waals surface area (Å²) in [6.45, 7) is 0. The first-order valence-corrected chi connectivity index (χ1v) is 9.29. The summed E-state index contributed by atoms with van der Waals surface area (Å²) in [4.78, 5) is 4.89. The molecule has 0 aliphatic carbocycles. The number of nitrogens with zero attached hydrogens (tertiary/aromatic N) is 1. The quantitative estimate of drug-likeness (QED) is 0.604. The van der Waals surface area contributed by atoms with Gasteiger partial charge in [-0.1, -0.05) is 60.3 Å². The molecule has 0 spiro atoms. The van der Waals surface area contributed by atoms with Crippen molar-refractivity contribution < 1.29 is 9.47 Å². The normalized spacial score (nSPS) is 17.2. The third-order valence-corrected chi connectivity index (χ3v) is 5.68. The van der Waals surface area contributed by atoms with Gasteiger partial charge in [0.1, 0.15) is 5.04 Å². The van der Waals surface area contributed by atoms with E-state index in [1.807, 2.05) is 42.5 Å². The van der Waals surface area contributed by atoms with Crippen molar-refractivity contribution in [3.05, 3.63) is 89.5 Å². The lowest BCUT2D eigenvalue weighted by atomic mass is 9.99. The van der Waals surface area contributed by atoms with E-state index in [9.17, 15) is 0 Å². The Morgan fingerprint density at radius 3 is 2.08 bits per heavy atom. The van der Waals surface area contributed by atoms with Gasteiger partial charge in [-0.25, -0.2) is 4.99 Å². The van der Waals surface area contributed by atoms with Crippen molar-refractivity contribution in [2.24, 2.45) is 4.99 Å². The monoisotopic (exact) mass is 361 g/mol. The van der Waals surface area contributed by atoms with E-state index in [1.165, 1.54) is 11.1 Å². The van der Waals surface area contributed by atoms with Crippen molar-refractivity contribution in [3.63, 3.8) is 0 Å². The maximum absolute atomic E-state index is 5.53. The molecule has 1 atom stereocenters. The summed E-state index contributed by atoms with van der Waals surface area (Å²) >= 11 is 1.76. The van der Waals surface area contributed by atoms with E-state index in [-0.39, 0.29) is 5.25 Å². The average Bonchev–Trinajstić information content (AvgIpc) is 3.05. The maximum Gasteiger partial charge on any atom is 0.161 e. The molecule has 3 aromatic carbocycles. The van der Waals surface area contributed by atoms with E-state index >= 15 is 0 Å². The molecule has 0 amide bonds. The summed E-state index contributed by atoms with van der Waals surface area (Å²) in [5, 5.41) is 1.19. The Bertz CT molecular complexity index is 939. The highest BCUT2D eigenvalue weighted by molar-refractivity contribution is 8.15. The molecule has 0 aromatic heterocycles. The molecule has 1 unspecified atom stereocenters. The number of hydrogen-bond donors (Lipinski definition) is 0. The maximum atomic E-state index is 5.53. The number of methoxy groups -OCH3 is 2. The molecule has 130 valence electrons. The van der Waals surface area contributed by atoms with Crippen LogP contribution in [0.3, 0.4) is 0 Å². The molecule has 1 heterocycles. The van der Waals surface area contributed by atoms with Gasteiger partial charge in [-0.15, -0.1) is 0 Å². The first-order valence-electron chi connectivity index (χ1n) is 8.42. The molecule has 0 saturated heterocycles. The number of ether oxygens (including phenoxy) is 2. The molecular weight excluding hydrogens is 342 g/mol. The lowest BCUT2D eigenvalue weighted by Gasteiger charge is -2.13. The van der Waals surface area contributed by atoms with E-state index < -0.39 is 0 Å². The molecule has 4 heteroatoms. The van der Waals surface area contributed by atoms with Crippen molar-refractivity contribution >= 4 is 22.5 Å². The van der Waals surface area contributed by atoms with Crippen molar-refractivity contribution in [2.75, 3.05) is 14.2 Å². The zero-order valence-corrected chi connectivity index (χ0v) is 15.5. The minimum absolute atomic E-state index is 0.188. The van der Waals surface area contributed by atoms with Crippen LogP contribution in [-0.2, 0) is 0 Å². The third-order valence-electron chi connectivity index (χ3n) is 4.39. The number of para-hydroxylation sites is 1. The van der Waals surface area contributed by atoms with E-state index in [1.54, 1.807) is 26.0 Å². The minimum atomic E-state index is 0.188. The predicted octanol–water partition coefficient (Wildman–Crippen LogP) is 5.62. The lowest BCUT2D eigenvalue weighted by molar-refractivity contribution is 0.354. The van der Waals surface area contributed by atoms with Gasteiger partial charge in [0.25, 0.3) is 0 Å². The average molecular weight is 361 g/mol. The molecule has 0 radical (unpaired) electrons. The Kier molecular flexibility index (Phi) is 4.67. The largest absolute Gasteiger partial charge is 0.493 e. The molecule has 4 rings (SSSR count). The van der Waals surface area contributed by atoms with Crippen LogP contribution in [0.4, 0.5) is 5.69 Å². The molecule has 0 saturated carbocycles. The number of benzene rings is 3. The first kappa shape index (κ1) is 16.7. The molecule has 0 bridgehead atoms.